The summed E-state index contributed by atoms with van der Waals surface area (Å²) < 4.78 is 7.27. The van der Waals surface area contributed by atoms with E-state index in [4.69, 9.17) is 4.74 Å². The first-order valence-electron chi connectivity index (χ1n) is 8.94. The second-order valence-electron chi connectivity index (χ2n) is 7.77. The Hall–Kier alpha value is -2.75. The van der Waals surface area contributed by atoms with E-state index in [-0.39, 0.29) is 30.2 Å². The van der Waals surface area contributed by atoms with Gasteiger partial charge in [-0.2, -0.15) is 0 Å². The summed E-state index contributed by atoms with van der Waals surface area (Å²) >= 11 is 0. The van der Waals surface area contributed by atoms with Crippen molar-refractivity contribution in [2.45, 2.75) is 65.8 Å². The van der Waals surface area contributed by atoms with Crippen molar-refractivity contribution in [3.8, 4) is 0 Å². The van der Waals surface area contributed by atoms with Crippen LogP contribution < -0.4 is 0 Å². The van der Waals surface area contributed by atoms with E-state index >= 15 is 0 Å². The summed E-state index contributed by atoms with van der Waals surface area (Å²) in [7, 11) is 0. The van der Waals surface area contributed by atoms with E-state index in [1.165, 1.54) is 16.4 Å². The van der Waals surface area contributed by atoms with Gasteiger partial charge in [0.2, 0.25) is 0 Å². The number of Topliss-reactive ketones (excluding diaryl/α,β-unsaturated/α-hetero) is 1. The van der Waals surface area contributed by atoms with Crippen molar-refractivity contribution >= 4 is 17.5 Å². The number of ketones is 1. The van der Waals surface area contributed by atoms with Gasteiger partial charge in [-0.05, 0) is 39.5 Å². The molecule has 28 heavy (non-hydrogen) atoms. The maximum atomic E-state index is 12.8. The lowest BCUT2D eigenvalue weighted by molar-refractivity contribution is -0.392. The minimum Gasteiger partial charge on any atom is -0.509 e. The van der Waals surface area contributed by atoms with Crippen molar-refractivity contribution in [2.75, 3.05) is 6.54 Å². The van der Waals surface area contributed by atoms with Crippen molar-refractivity contribution in [2.24, 2.45) is 0 Å². The monoisotopic (exact) mass is 394 g/mol. The Kier molecular flexibility index (Phi) is 5.93. The van der Waals surface area contributed by atoms with Crippen LogP contribution in [-0.2, 0) is 20.9 Å². The molecule has 1 aromatic rings. The van der Waals surface area contributed by atoms with Gasteiger partial charge < -0.3 is 24.9 Å². The number of ether oxygens (including phenoxy) is 1. The first-order valence-corrected chi connectivity index (χ1v) is 8.94. The third-order valence-electron chi connectivity index (χ3n) is 4.47. The minimum absolute atomic E-state index is 0.0419. The molecule has 0 radical (unpaired) electrons. The van der Waals surface area contributed by atoms with E-state index in [0.717, 1.165) is 6.20 Å². The van der Waals surface area contributed by atoms with Gasteiger partial charge in [0, 0.05) is 6.92 Å². The molecule has 1 amide bonds. The average molecular weight is 394 g/mol. The Bertz CT molecular complexity index is 836. The van der Waals surface area contributed by atoms with Crippen LogP contribution in [0.15, 0.2) is 17.5 Å². The second kappa shape index (κ2) is 7.70. The number of amides is 1. The largest absolute Gasteiger partial charge is 0.509 e. The zero-order valence-electron chi connectivity index (χ0n) is 16.9. The van der Waals surface area contributed by atoms with Crippen LogP contribution in [-0.4, -0.2) is 60.5 Å². The highest BCUT2D eigenvalue weighted by atomic mass is 16.6. The molecule has 0 spiro atoms. The van der Waals surface area contributed by atoms with Crippen LogP contribution in [0, 0.1) is 17.0 Å². The van der Waals surface area contributed by atoms with Crippen LogP contribution in [0.25, 0.3) is 0 Å². The summed E-state index contributed by atoms with van der Waals surface area (Å²) in [5.41, 5.74) is -0.807. The molecule has 0 aromatic carbocycles. The zero-order valence-corrected chi connectivity index (χ0v) is 16.9. The Morgan fingerprint density at radius 1 is 1.43 bits per heavy atom. The van der Waals surface area contributed by atoms with Crippen molar-refractivity contribution in [1.82, 2.24) is 14.5 Å². The van der Waals surface area contributed by atoms with Gasteiger partial charge in [-0.15, -0.1) is 0 Å². The molecule has 0 bridgehead atoms. The van der Waals surface area contributed by atoms with Crippen LogP contribution in [0.4, 0.5) is 5.82 Å². The molecule has 2 heterocycles. The fourth-order valence-electron chi connectivity index (χ4n) is 3.43. The lowest BCUT2D eigenvalue weighted by atomic mass is 10.1. The molecule has 1 aliphatic heterocycles. The molecule has 2 atom stereocenters. The smallest absolute Gasteiger partial charge is 0.342 e. The lowest BCUT2D eigenvalue weighted by Gasteiger charge is -2.33. The van der Waals surface area contributed by atoms with Crippen LogP contribution >= 0.6 is 0 Å². The third kappa shape index (κ3) is 4.22. The molecule has 1 aromatic heterocycles. The summed E-state index contributed by atoms with van der Waals surface area (Å²) in [5.74, 6) is -1.24. The van der Waals surface area contributed by atoms with E-state index in [2.05, 4.69) is 4.98 Å². The SMILES string of the molecule is CC(=O)C1=C(O)C(C(C)OC(C)(C)C)N(CCn2c([N+](=O)[O-])cnc2C)C1=O. The van der Waals surface area contributed by atoms with E-state index < -0.39 is 34.4 Å². The van der Waals surface area contributed by atoms with Crippen LogP contribution in [0.5, 0.6) is 0 Å². The maximum Gasteiger partial charge on any atom is 0.342 e. The predicted octanol–water partition coefficient (Wildman–Crippen LogP) is 1.92. The molecular formula is C18H26N4O6. The summed E-state index contributed by atoms with van der Waals surface area (Å²) in [6.45, 7) is 10.2. The molecule has 2 unspecified atom stereocenters. The maximum absolute atomic E-state index is 12.8. The van der Waals surface area contributed by atoms with Crippen molar-refractivity contribution < 1.29 is 24.4 Å². The molecule has 1 N–H and O–H groups in total. The summed E-state index contributed by atoms with van der Waals surface area (Å²) in [4.78, 5) is 40.5. The quantitative estimate of drug-likeness (QED) is 0.425. The number of aliphatic hydroxyl groups excluding tert-OH is 1. The number of aryl methyl sites for hydroxylation is 1. The van der Waals surface area contributed by atoms with Gasteiger partial charge in [0.15, 0.2) is 11.6 Å². The average Bonchev–Trinajstić information content (AvgIpc) is 3.01. The number of hydrogen-bond acceptors (Lipinski definition) is 7. The van der Waals surface area contributed by atoms with Crippen molar-refractivity contribution in [3.63, 3.8) is 0 Å². The van der Waals surface area contributed by atoms with E-state index in [0.29, 0.717) is 5.82 Å². The Balaban J connectivity index is 2.33. The number of rotatable bonds is 7. The fourth-order valence-corrected chi connectivity index (χ4v) is 3.43. The normalized spacial score (nSPS) is 18.7. The number of nitrogens with zero attached hydrogens (tertiary/aromatic N) is 4. The molecular weight excluding hydrogens is 368 g/mol. The topological polar surface area (TPSA) is 128 Å². The molecule has 0 saturated carbocycles. The van der Waals surface area contributed by atoms with Gasteiger partial charge in [-0.3, -0.25) is 9.59 Å². The van der Waals surface area contributed by atoms with Gasteiger partial charge in [0.25, 0.3) is 5.91 Å². The highest BCUT2D eigenvalue weighted by Crippen LogP contribution is 2.30. The fraction of sp³-hybridized carbons (Fsp3) is 0.611. The van der Waals surface area contributed by atoms with Crippen LogP contribution in [0.3, 0.4) is 0 Å². The standard InChI is InChI=1S/C18H26N4O6/c1-10(23)14-16(24)15(11(2)28-18(4,5)6)21(17(14)25)8-7-20-12(3)19-9-13(20)22(26)27/h9,11,15,24H,7-8H2,1-6H3. The molecule has 0 aliphatic carbocycles. The summed E-state index contributed by atoms with van der Waals surface area (Å²) in [6, 6.07) is -0.853. The van der Waals surface area contributed by atoms with Crippen LogP contribution in [0.2, 0.25) is 0 Å². The number of nitro groups is 1. The third-order valence-corrected chi connectivity index (χ3v) is 4.47. The van der Waals surface area contributed by atoms with E-state index in [9.17, 15) is 24.8 Å². The highest BCUT2D eigenvalue weighted by molar-refractivity contribution is 6.20. The van der Waals surface area contributed by atoms with E-state index in [1.54, 1.807) is 13.8 Å². The Morgan fingerprint density at radius 2 is 2.04 bits per heavy atom. The number of carbonyl (C=O) groups excluding carboxylic acids is 2. The zero-order chi connectivity index (χ0) is 21.4. The minimum atomic E-state index is -0.853. The number of aliphatic hydroxyl groups is 1. The summed E-state index contributed by atoms with van der Waals surface area (Å²) in [6.07, 6.45) is 0.556. The van der Waals surface area contributed by atoms with Gasteiger partial charge in [0.1, 0.15) is 30.1 Å². The second-order valence-corrected chi connectivity index (χ2v) is 7.77. The Labute approximate surface area is 162 Å². The number of carbonyl (C=O) groups is 2. The van der Waals surface area contributed by atoms with Crippen LogP contribution in [0.1, 0.15) is 40.4 Å². The highest BCUT2D eigenvalue weighted by Gasteiger charge is 2.45. The number of hydrogen-bond donors (Lipinski definition) is 1. The molecule has 154 valence electrons. The van der Waals surface area contributed by atoms with Gasteiger partial charge >= 0.3 is 5.82 Å². The molecule has 2 rings (SSSR count). The molecule has 1 aliphatic rings. The lowest BCUT2D eigenvalue weighted by Crippen LogP contribution is -2.47. The number of aromatic nitrogens is 2. The van der Waals surface area contributed by atoms with Gasteiger partial charge in [0.05, 0.1) is 18.2 Å². The Morgan fingerprint density at radius 3 is 2.54 bits per heavy atom. The number of imidazole rings is 1. The molecule has 10 heteroatoms. The van der Waals surface area contributed by atoms with Crippen molar-refractivity contribution in [1.29, 1.82) is 0 Å². The van der Waals surface area contributed by atoms with Gasteiger partial charge in [-0.1, -0.05) is 0 Å². The molecule has 10 nitrogen and oxygen atoms in total. The molecule has 0 saturated heterocycles. The van der Waals surface area contributed by atoms with Gasteiger partial charge in [-0.25, -0.2) is 9.55 Å². The first-order chi connectivity index (χ1) is 12.8. The first kappa shape index (κ1) is 21.5. The molecule has 0 fully saturated rings. The summed E-state index contributed by atoms with van der Waals surface area (Å²) in [5, 5.41) is 21.7. The van der Waals surface area contributed by atoms with E-state index in [1.807, 2.05) is 20.8 Å². The van der Waals surface area contributed by atoms with Crippen molar-refractivity contribution in [3.05, 3.63) is 33.5 Å². The predicted molar refractivity (Wildman–Crippen MR) is 99.8 cm³/mol.